The molecule has 1 aromatic carbocycles. The molecule has 3 rings (SSSR count). The molecule has 1 unspecified atom stereocenters. The van der Waals surface area contributed by atoms with Gasteiger partial charge in [0.25, 0.3) is 0 Å². The SMILES string of the molecule is CC(C)OCC1c2cc(Cl)ccc2N(C(F)(F)F)c2ncc(Cl)cc21. The molecule has 2 aromatic rings. The summed E-state index contributed by atoms with van der Waals surface area (Å²) in [5.41, 5.74) is 0.791. The molecule has 0 saturated heterocycles. The zero-order chi connectivity index (χ0) is 18.4. The maximum absolute atomic E-state index is 13.7. The first-order chi connectivity index (χ1) is 11.7. The van der Waals surface area contributed by atoms with Crippen LogP contribution in [0.4, 0.5) is 24.7 Å². The van der Waals surface area contributed by atoms with Crippen LogP contribution >= 0.6 is 23.2 Å². The number of benzene rings is 1. The van der Waals surface area contributed by atoms with E-state index < -0.39 is 12.2 Å². The van der Waals surface area contributed by atoms with Crippen LogP contribution in [0.2, 0.25) is 10.0 Å². The van der Waals surface area contributed by atoms with Gasteiger partial charge in [0.05, 0.1) is 23.4 Å². The van der Waals surface area contributed by atoms with Gasteiger partial charge in [-0.25, -0.2) is 9.88 Å². The first kappa shape index (κ1) is 18.3. The third-order valence-corrected chi connectivity index (χ3v) is 4.35. The van der Waals surface area contributed by atoms with Gasteiger partial charge in [-0.3, -0.25) is 0 Å². The van der Waals surface area contributed by atoms with E-state index >= 15 is 0 Å². The van der Waals surface area contributed by atoms with Crippen LogP contribution in [0.1, 0.15) is 30.9 Å². The van der Waals surface area contributed by atoms with E-state index in [4.69, 9.17) is 27.9 Å². The second-order valence-corrected chi connectivity index (χ2v) is 6.88. The van der Waals surface area contributed by atoms with Gasteiger partial charge in [-0.1, -0.05) is 23.2 Å². The van der Waals surface area contributed by atoms with Gasteiger partial charge < -0.3 is 4.74 Å². The van der Waals surface area contributed by atoms with Crippen LogP contribution in [0, 0.1) is 0 Å². The molecule has 134 valence electrons. The molecule has 0 saturated carbocycles. The molecule has 0 bridgehead atoms. The molecule has 1 aromatic heterocycles. The molecule has 2 heterocycles. The van der Waals surface area contributed by atoms with Gasteiger partial charge in [0, 0.05) is 22.7 Å². The molecule has 1 aliphatic rings. The monoisotopic (exact) mass is 390 g/mol. The lowest BCUT2D eigenvalue weighted by Gasteiger charge is -2.37. The Bertz CT molecular complexity index is 742. The average Bonchev–Trinajstić information content (AvgIpc) is 2.50. The molecular formula is C17H15Cl2F3N2O. The lowest BCUT2D eigenvalue weighted by Crippen LogP contribution is -2.39. The maximum atomic E-state index is 13.7. The fourth-order valence-electron chi connectivity index (χ4n) is 2.91. The lowest BCUT2D eigenvalue weighted by atomic mass is 9.87. The van der Waals surface area contributed by atoms with Crippen LogP contribution in [-0.4, -0.2) is 24.0 Å². The van der Waals surface area contributed by atoms with Crippen molar-refractivity contribution in [3.63, 3.8) is 0 Å². The first-order valence-corrected chi connectivity index (χ1v) is 8.37. The summed E-state index contributed by atoms with van der Waals surface area (Å²) in [6.07, 6.45) is -3.50. The number of rotatable bonds is 3. The van der Waals surface area contributed by atoms with E-state index in [0.29, 0.717) is 16.1 Å². The largest absolute Gasteiger partial charge is 0.490 e. The zero-order valence-corrected chi connectivity index (χ0v) is 15.0. The topological polar surface area (TPSA) is 25.4 Å². The standard InChI is InChI=1S/C17H15Cl2F3N2O/c1-9(2)25-8-14-12-5-10(18)3-4-15(12)24(17(20,21)22)16-13(14)6-11(19)7-23-16/h3-7,9,14H,8H2,1-2H3. The predicted octanol–water partition coefficient (Wildman–Crippen LogP) is 5.92. The summed E-state index contributed by atoms with van der Waals surface area (Å²) in [4.78, 5) is 4.21. The molecular weight excluding hydrogens is 376 g/mol. The van der Waals surface area contributed by atoms with Gasteiger partial charge in [0.1, 0.15) is 5.82 Å². The van der Waals surface area contributed by atoms with E-state index in [1.54, 1.807) is 0 Å². The number of hydrogen-bond acceptors (Lipinski definition) is 3. The molecule has 0 N–H and O–H groups in total. The first-order valence-electron chi connectivity index (χ1n) is 7.62. The number of anilines is 2. The van der Waals surface area contributed by atoms with Gasteiger partial charge in [0.2, 0.25) is 0 Å². The third kappa shape index (κ3) is 3.57. The van der Waals surface area contributed by atoms with Gasteiger partial charge in [0.15, 0.2) is 0 Å². The highest BCUT2D eigenvalue weighted by molar-refractivity contribution is 6.31. The number of hydrogen-bond donors (Lipinski definition) is 0. The Morgan fingerprint density at radius 3 is 2.48 bits per heavy atom. The molecule has 1 aliphatic heterocycles. The highest BCUT2D eigenvalue weighted by Gasteiger charge is 2.46. The van der Waals surface area contributed by atoms with Crippen molar-refractivity contribution in [3.8, 4) is 0 Å². The molecule has 0 spiro atoms. The van der Waals surface area contributed by atoms with E-state index in [-0.39, 0.29) is 34.1 Å². The summed E-state index contributed by atoms with van der Waals surface area (Å²) < 4.78 is 46.9. The molecule has 1 atom stereocenters. The summed E-state index contributed by atoms with van der Waals surface area (Å²) in [6, 6.07) is 5.82. The molecule has 0 aliphatic carbocycles. The Morgan fingerprint density at radius 1 is 1.16 bits per heavy atom. The fraction of sp³-hybridized carbons (Fsp3) is 0.353. The van der Waals surface area contributed by atoms with E-state index in [0.717, 1.165) is 0 Å². The van der Waals surface area contributed by atoms with Crippen molar-refractivity contribution in [1.82, 2.24) is 4.98 Å². The Labute approximate surface area is 153 Å². The van der Waals surface area contributed by atoms with Crippen LogP contribution in [0.5, 0.6) is 0 Å². The Hall–Kier alpha value is -1.50. The minimum absolute atomic E-state index is 0.00317. The number of halogens is 5. The Kier molecular flexibility index (Phi) is 4.88. The summed E-state index contributed by atoms with van der Waals surface area (Å²) in [7, 11) is 0. The Balaban J connectivity index is 2.22. The normalized spacial score (nSPS) is 16.8. The van der Waals surface area contributed by atoms with Crippen molar-refractivity contribution in [2.75, 3.05) is 11.5 Å². The Morgan fingerprint density at radius 2 is 1.84 bits per heavy atom. The third-order valence-electron chi connectivity index (χ3n) is 3.90. The van der Waals surface area contributed by atoms with Crippen LogP contribution in [0.25, 0.3) is 0 Å². The van der Waals surface area contributed by atoms with Crippen molar-refractivity contribution in [1.29, 1.82) is 0 Å². The van der Waals surface area contributed by atoms with Crippen LogP contribution in [0.3, 0.4) is 0 Å². The predicted molar refractivity (Wildman–Crippen MR) is 91.8 cm³/mol. The van der Waals surface area contributed by atoms with Crippen LogP contribution in [0.15, 0.2) is 30.5 Å². The van der Waals surface area contributed by atoms with Crippen molar-refractivity contribution in [3.05, 3.63) is 51.6 Å². The van der Waals surface area contributed by atoms with E-state index in [1.807, 2.05) is 13.8 Å². The number of pyridine rings is 1. The van der Waals surface area contributed by atoms with E-state index in [9.17, 15) is 13.2 Å². The van der Waals surface area contributed by atoms with Crippen LogP contribution < -0.4 is 4.90 Å². The number of aromatic nitrogens is 1. The minimum Gasteiger partial charge on any atom is -0.378 e. The number of ether oxygens (including phenoxy) is 1. The van der Waals surface area contributed by atoms with Crippen LogP contribution in [-0.2, 0) is 4.74 Å². The number of fused-ring (bicyclic) bond motifs is 2. The lowest BCUT2D eigenvalue weighted by molar-refractivity contribution is -0.121. The molecule has 0 radical (unpaired) electrons. The molecule has 0 fully saturated rings. The quantitative estimate of drug-likeness (QED) is 0.608. The minimum atomic E-state index is -4.64. The molecule has 25 heavy (non-hydrogen) atoms. The zero-order valence-electron chi connectivity index (χ0n) is 13.4. The van der Waals surface area contributed by atoms with E-state index in [1.165, 1.54) is 30.5 Å². The highest BCUT2D eigenvalue weighted by Crippen LogP contribution is 2.50. The fourth-order valence-corrected chi connectivity index (χ4v) is 3.25. The molecule has 8 heteroatoms. The van der Waals surface area contributed by atoms with Crippen molar-refractivity contribution in [2.45, 2.75) is 32.2 Å². The van der Waals surface area contributed by atoms with Gasteiger partial charge in [-0.2, -0.15) is 0 Å². The summed E-state index contributed by atoms with van der Waals surface area (Å²) in [5.74, 6) is -0.639. The number of alkyl halides is 3. The molecule has 0 amide bonds. The summed E-state index contributed by atoms with van der Waals surface area (Å²) in [6.45, 7) is 3.92. The highest BCUT2D eigenvalue weighted by atomic mass is 35.5. The second-order valence-electron chi connectivity index (χ2n) is 6.01. The van der Waals surface area contributed by atoms with Gasteiger partial charge in [-0.15, -0.1) is 13.2 Å². The molecule has 3 nitrogen and oxygen atoms in total. The summed E-state index contributed by atoms with van der Waals surface area (Å²) in [5, 5.41) is 0.620. The smallest absolute Gasteiger partial charge is 0.378 e. The van der Waals surface area contributed by atoms with Crippen molar-refractivity contribution >= 4 is 34.7 Å². The summed E-state index contributed by atoms with van der Waals surface area (Å²) >= 11 is 12.0. The van der Waals surface area contributed by atoms with Gasteiger partial charge >= 0.3 is 6.30 Å². The number of nitrogens with zero attached hydrogens (tertiary/aromatic N) is 2. The van der Waals surface area contributed by atoms with Crippen molar-refractivity contribution in [2.24, 2.45) is 0 Å². The average molecular weight is 391 g/mol. The second kappa shape index (κ2) is 6.67. The maximum Gasteiger partial charge on any atom is 0.490 e. The van der Waals surface area contributed by atoms with E-state index in [2.05, 4.69) is 4.98 Å². The van der Waals surface area contributed by atoms with Crippen molar-refractivity contribution < 1.29 is 17.9 Å². The van der Waals surface area contributed by atoms with Gasteiger partial charge in [-0.05, 0) is 43.7 Å².